The highest BCUT2D eigenvalue weighted by Crippen LogP contribution is 2.32. The van der Waals surface area contributed by atoms with Crippen molar-refractivity contribution in [2.45, 2.75) is 58.3 Å². The molecule has 0 radical (unpaired) electrons. The lowest BCUT2D eigenvalue weighted by atomic mass is 10.1. The largest absolute Gasteiger partial charge is 0.459 e. The van der Waals surface area contributed by atoms with Gasteiger partial charge in [-0.2, -0.15) is 0 Å². The van der Waals surface area contributed by atoms with E-state index >= 15 is 0 Å². The molecule has 1 saturated heterocycles. The van der Waals surface area contributed by atoms with Crippen LogP contribution in [0.4, 0.5) is 0 Å². The number of nitrogens with zero attached hydrogens (tertiary/aromatic N) is 1. The summed E-state index contributed by atoms with van der Waals surface area (Å²) in [7, 11) is 2.00. The standard InChI is InChI=1S/C18H26N2O/c1-4-14-10-9-13(2)20(14)12-18-16(11-19-3)15-7-5-6-8-17(15)21-18/h5-8,13-14,19H,4,9-12H2,1-3H3. The molecule has 21 heavy (non-hydrogen) atoms. The van der Waals surface area contributed by atoms with E-state index in [1.807, 2.05) is 13.1 Å². The van der Waals surface area contributed by atoms with Crippen molar-refractivity contribution in [2.24, 2.45) is 0 Å². The van der Waals surface area contributed by atoms with Crippen LogP contribution in [0.15, 0.2) is 28.7 Å². The van der Waals surface area contributed by atoms with E-state index in [1.165, 1.54) is 30.2 Å². The number of rotatable bonds is 5. The van der Waals surface area contributed by atoms with Crippen LogP contribution in [0, 0.1) is 0 Å². The van der Waals surface area contributed by atoms with Crippen LogP contribution < -0.4 is 5.32 Å². The quantitative estimate of drug-likeness (QED) is 0.903. The number of para-hydroxylation sites is 1. The molecule has 2 atom stereocenters. The zero-order valence-electron chi connectivity index (χ0n) is 13.4. The lowest BCUT2D eigenvalue weighted by Gasteiger charge is -2.27. The van der Waals surface area contributed by atoms with Crippen molar-refractivity contribution >= 4 is 11.0 Å². The van der Waals surface area contributed by atoms with Gasteiger partial charge in [-0.1, -0.05) is 25.1 Å². The number of likely N-dealkylation sites (tertiary alicyclic amines) is 1. The van der Waals surface area contributed by atoms with Crippen molar-refractivity contribution < 1.29 is 4.42 Å². The van der Waals surface area contributed by atoms with Gasteiger partial charge in [-0.3, -0.25) is 4.90 Å². The number of benzene rings is 1. The van der Waals surface area contributed by atoms with Crippen LogP contribution in [0.2, 0.25) is 0 Å². The summed E-state index contributed by atoms with van der Waals surface area (Å²) in [4.78, 5) is 2.62. The van der Waals surface area contributed by atoms with Gasteiger partial charge in [0, 0.05) is 29.6 Å². The fourth-order valence-electron chi connectivity index (χ4n) is 3.66. The van der Waals surface area contributed by atoms with E-state index in [1.54, 1.807) is 0 Å². The number of fused-ring (bicyclic) bond motifs is 1. The van der Waals surface area contributed by atoms with Gasteiger partial charge in [-0.15, -0.1) is 0 Å². The minimum absolute atomic E-state index is 0.658. The van der Waals surface area contributed by atoms with Crippen LogP contribution in [-0.2, 0) is 13.1 Å². The predicted molar refractivity (Wildman–Crippen MR) is 87.3 cm³/mol. The van der Waals surface area contributed by atoms with Crippen LogP contribution in [-0.4, -0.2) is 24.0 Å². The molecule has 114 valence electrons. The van der Waals surface area contributed by atoms with Crippen LogP contribution in [0.3, 0.4) is 0 Å². The molecule has 1 aliphatic heterocycles. The molecule has 1 fully saturated rings. The van der Waals surface area contributed by atoms with E-state index in [2.05, 4.69) is 42.3 Å². The Labute approximate surface area is 127 Å². The zero-order valence-corrected chi connectivity index (χ0v) is 13.4. The van der Waals surface area contributed by atoms with Gasteiger partial charge < -0.3 is 9.73 Å². The molecule has 2 aromatic rings. The molecule has 3 nitrogen and oxygen atoms in total. The van der Waals surface area contributed by atoms with Gasteiger partial charge in [-0.25, -0.2) is 0 Å². The SMILES string of the molecule is CCC1CCC(C)N1Cc1oc2ccccc2c1CNC. The third-order valence-corrected chi connectivity index (χ3v) is 4.89. The molecule has 2 heterocycles. The van der Waals surface area contributed by atoms with E-state index in [4.69, 9.17) is 4.42 Å². The average molecular weight is 286 g/mol. The Hall–Kier alpha value is -1.32. The van der Waals surface area contributed by atoms with Crippen molar-refractivity contribution in [3.05, 3.63) is 35.6 Å². The highest BCUT2D eigenvalue weighted by Gasteiger charge is 2.30. The molecule has 0 saturated carbocycles. The van der Waals surface area contributed by atoms with Gasteiger partial charge in [0.1, 0.15) is 11.3 Å². The van der Waals surface area contributed by atoms with E-state index in [9.17, 15) is 0 Å². The van der Waals surface area contributed by atoms with Crippen molar-refractivity contribution in [1.29, 1.82) is 0 Å². The van der Waals surface area contributed by atoms with Gasteiger partial charge in [0.15, 0.2) is 0 Å². The Morgan fingerprint density at radius 2 is 2.10 bits per heavy atom. The average Bonchev–Trinajstić information content (AvgIpc) is 3.02. The zero-order chi connectivity index (χ0) is 14.8. The summed E-state index contributed by atoms with van der Waals surface area (Å²) in [6.07, 6.45) is 3.85. The Kier molecular flexibility index (Phi) is 4.32. The second kappa shape index (κ2) is 6.20. The van der Waals surface area contributed by atoms with E-state index in [0.29, 0.717) is 12.1 Å². The lowest BCUT2D eigenvalue weighted by Crippen LogP contribution is -2.33. The maximum absolute atomic E-state index is 6.17. The Morgan fingerprint density at radius 1 is 1.29 bits per heavy atom. The molecular weight excluding hydrogens is 260 g/mol. The monoisotopic (exact) mass is 286 g/mol. The van der Waals surface area contributed by atoms with Crippen molar-refractivity contribution in [2.75, 3.05) is 7.05 Å². The summed E-state index contributed by atoms with van der Waals surface area (Å²) in [6.45, 7) is 6.44. The molecule has 1 N–H and O–H groups in total. The minimum Gasteiger partial charge on any atom is -0.459 e. The molecule has 0 bridgehead atoms. The van der Waals surface area contributed by atoms with Gasteiger partial charge in [0.25, 0.3) is 0 Å². The Balaban J connectivity index is 1.94. The smallest absolute Gasteiger partial charge is 0.134 e. The van der Waals surface area contributed by atoms with Crippen LogP contribution >= 0.6 is 0 Å². The highest BCUT2D eigenvalue weighted by molar-refractivity contribution is 5.82. The second-order valence-electron chi connectivity index (χ2n) is 6.19. The summed E-state index contributed by atoms with van der Waals surface area (Å²) in [5.74, 6) is 1.14. The number of furan rings is 1. The predicted octanol–water partition coefficient (Wildman–Crippen LogP) is 3.92. The van der Waals surface area contributed by atoms with Crippen LogP contribution in [0.25, 0.3) is 11.0 Å². The van der Waals surface area contributed by atoms with E-state index in [0.717, 1.165) is 24.4 Å². The van der Waals surface area contributed by atoms with Crippen molar-refractivity contribution in [3.63, 3.8) is 0 Å². The van der Waals surface area contributed by atoms with E-state index < -0.39 is 0 Å². The van der Waals surface area contributed by atoms with Crippen molar-refractivity contribution in [1.82, 2.24) is 10.2 Å². The lowest BCUT2D eigenvalue weighted by molar-refractivity contribution is 0.175. The first-order chi connectivity index (χ1) is 10.2. The highest BCUT2D eigenvalue weighted by atomic mass is 16.3. The molecule has 3 heteroatoms. The molecule has 0 aliphatic carbocycles. The molecule has 1 aromatic carbocycles. The number of nitrogens with one attached hydrogen (secondary N) is 1. The maximum Gasteiger partial charge on any atom is 0.134 e. The molecule has 0 spiro atoms. The summed E-state index contributed by atoms with van der Waals surface area (Å²) < 4.78 is 6.17. The summed E-state index contributed by atoms with van der Waals surface area (Å²) in [5.41, 5.74) is 2.33. The topological polar surface area (TPSA) is 28.4 Å². The van der Waals surface area contributed by atoms with E-state index in [-0.39, 0.29) is 0 Å². The summed E-state index contributed by atoms with van der Waals surface area (Å²) in [6, 6.07) is 9.74. The molecule has 1 aromatic heterocycles. The second-order valence-corrected chi connectivity index (χ2v) is 6.19. The maximum atomic E-state index is 6.17. The van der Waals surface area contributed by atoms with Gasteiger partial charge >= 0.3 is 0 Å². The molecule has 0 amide bonds. The summed E-state index contributed by atoms with van der Waals surface area (Å²) >= 11 is 0. The summed E-state index contributed by atoms with van der Waals surface area (Å²) in [5, 5.41) is 4.54. The molecular formula is C18H26N2O. The van der Waals surface area contributed by atoms with Gasteiger partial charge in [-0.05, 0) is 39.3 Å². The first-order valence-electron chi connectivity index (χ1n) is 8.14. The third-order valence-electron chi connectivity index (χ3n) is 4.89. The third kappa shape index (κ3) is 2.72. The number of hydrogen-bond donors (Lipinski definition) is 1. The Morgan fingerprint density at radius 3 is 2.86 bits per heavy atom. The Bertz CT molecular complexity index is 604. The normalized spacial score (nSPS) is 23.2. The molecule has 2 unspecified atom stereocenters. The fraction of sp³-hybridized carbons (Fsp3) is 0.556. The number of hydrogen-bond acceptors (Lipinski definition) is 3. The molecule has 1 aliphatic rings. The fourth-order valence-corrected chi connectivity index (χ4v) is 3.66. The van der Waals surface area contributed by atoms with Crippen LogP contribution in [0.5, 0.6) is 0 Å². The van der Waals surface area contributed by atoms with Crippen molar-refractivity contribution in [3.8, 4) is 0 Å². The minimum atomic E-state index is 0.658. The first kappa shape index (κ1) is 14.6. The molecule has 3 rings (SSSR count). The van der Waals surface area contributed by atoms with Crippen LogP contribution in [0.1, 0.15) is 44.4 Å². The van der Waals surface area contributed by atoms with Gasteiger partial charge in [0.05, 0.1) is 6.54 Å². The first-order valence-corrected chi connectivity index (χ1v) is 8.14. The van der Waals surface area contributed by atoms with Gasteiger partial charge in [0.2, 0.25) is 0 Å².